The largest absolute Gasteiger partial charge is 0.398 e. The Hall–Kier alpha value is -3.30. The van der Waals surface area contributed by atoms with Gasteiger partial charge in [0.1, 0.15) is 12.2 Å². The zero-order valence-corrected chi connectivity index (χ0v) is 18.9. The fourth-order valence-corrected chi connectivity index (χ4v) is 4.42. The van der Waals surface area contributed by atoms with Gasteiger partial charge in [-0.25, -0.2) is 8.42 Å². The van der Waals surface area contributed by atoms with Crippen molar-refractivity contribution >= 4 is 38.9 Å². The molecule has 2 aromatic carbocycles. The summed E-state index contributed by atoms with van der Waals surface area (Å²) in [5.41, 5.74) is 7.26. The van der Waals surface area contributed by atoms with E-state index in [2.05, 4.69) is 10.0 Å². The molecule has 0 saturated carbocycles. The second kappa shape index (κ2) is 9.88. The molecule has 0 bridgehead atoms. The lowest BCUT2D eigenvalue weighted by molar-refractivity contribution is -0.121. The number of nitrogens with zero attached hydrogens (tertiary/aromatic N) is 1. The maximum Gasteiger partial charge on any atom is 0.275 e. The number of rotatable bonds is 8. The van der Waals surface area contributed by atoms with Gasteiger partial charge in [0.25, 0.3) is 5.56 Å². The number of aryl methyl sites for hydroxylation is 1. The van der Waals surface area contributed by atoms with E-state index in [4.69, 9.17) is 17.3 Å². The molecule has 3 rings (SSSR count). The first-order valence-corrected chi connectivity index (χ1v) is 11.7. The van der Waals surface area contributed by atoms with E-state index in [1.807, 2.05) is 0 Å². The van der Waals surface area contributed by atoms with Crippen molar-refractivity contribution < 1.29 is 13.2 Å². The molecule has 8 nitrogen and oxygen atoms in total. The number of nitrogen functional groups attached to an aromatic ring is 1. The molecule has 1 amide bonds. The highest BCUT2D eigenvalue weighted by molar-refractivity contribution is 7.91. The third-order valence-corrected chi connectivity index (χ3v) is 6.29. The number of carbonyl (C=O) groups excluding carboxylic acids is 1. The van der Waals surface area contributed by atoms with Crippen LogP contribution in [0.1, 0.15) is 16.8 Å². The smallest absolute Gasteiger partial charge is 0.275 e. The molecule has 0 unspecified atom stereocenters. The molecule has 4 N–H and O–H groups in total. The fourth-order valence-electron chi connectivity index (χ4n) is 3.02. The van der Waals surface area contributed by atoms with Gasteiger partial charge in [0, 0.05) is 12.2 Å². The third kappa shape index (κ3) is 6.12. The predicted octanol–water partition coefficient (Wildman–Crippen LogP) is 2.65. The Morgan fingerprint density at radius 2 is 1.78 bits per heavy atom. The van der Waals surface area contributed by atoms with Gasteiger partial charge in [-0.15, -0.1) is 0 Å². The average Bonchev–Trinajstić information content (AvgIpc) is 2.74. The lowest BCUT2D eigenvalue weighted by Crippen LogP contribution is -2.34. The van der Waals surface area contributed by atoms with Crippen LogP contribution >= 0.6 is 11.6 Å². The van der Waals surface area contributed by atoms with Crippen LogP contribution in [0, 0.1) is 6.92 Å². The molecule has 0 atom stereocenters. The van der Waals surface area contributed by atoms with Crippen molar-refractivity contribution in [3.05, 3.63) is 92.9 Å². The first-order valence-electron chi connectivity index (χ1n) is 9.70. The van der Waals surface area contributed by atoms with Crippen LogP contribution in [0.5, 0.6) is 0 Å². The summed E-state index contributed by atoms with van der Waals surface area (Å²) in [6.07, 6.45) is 0. The van der Waals surface area contributed by atoms with E-state index in [0.29, 0.717) is 22.0 Å². The minimum absolute atomic E-state index is 0.121. The van der Waals surface area contributed by atoms with Crippen molar-refractivity contribution in [1.82, 2.24) is 9.88 Å². The maximum atomic E-state index is 12.8. The Bertz CT molecular complexity index is 1290. The quantitative estimate of drug-likeness (QED) is 0.433. The summed E-state index contributed by atoms with van der Waals surface area (Å²) in [5, 5.41) is 3.10. The van der Waals surface area contributed by atoms with Gasteiger partial charge in [-0.1, -0.05) is 48.0 Å². The molecule has 0 spiro atoms. The summed E-state index contributed by atoms with van der Waals surface area (Å²) in [7, 11) is -3.81. The highest BCUT2D eigenvalue weighted by Gasteiger charge is 2.16. The van der Waals surface area contributed by atoms with Crippen molar-refractivity contribution in [2.75, 3.05) is 10.5 Å². The number of pyridine rings is 1. The van der Waals surface area contributed by atoms with E-state index in [1.165, 1.54) is 10.6 Å². The molecule has 1 heterocycles. The van der Waals surface area contributed by atoms with Gasteiger partial charge < -0.3 is 15.6 Å². The van der Waals surface area contributed by atoms with E-state index in [0.717, 1.165) is 5.56 Å². The van der Waals surface area contributed by atoms with Crippen molar-refractivity contribution in [3.8, 4) is 0 Å². The van der Waals surface area contributed by atoms with E-state index in [9.17, 15) is 18.0 Å². The summed E-state index contributed by atoms with van der Waals surface area (Å²) in [6, 6.07) is 16.6. The van der Waals surface area contributed by atoms with Gasteiger partial charge in [0.05, 0.1) is 16.5 Å². The van der Waals surface area contributed by atoms with Gasteiger partial charge in [-0.05, 0) is 42.3 Å². The molecule has 0 saturated heterocycles. The molecule has 0 aliphatic rings. The summed E-state index contributed by atoms with van der Waals surface area (Å²) < 4.78 is 28.5. The van der Waals surface area contributed by atoms with E-state index < -0.39 is 21.5 Å². The van der Waals surface area contributed by atoms with Crippen molar-refractivity contribution in [2.24, 2.45) is 0 Å². The number of hydrogen-bond donors (Lipinski definition) is 3. The monoisotopic (exact) mass is 474 g/mol. The Morgan fingerprint density at radius 3 is 2.47 bits per heavy atom. The zero-order valence-electron chi connectivity index (χ0n) is 17.3. The fraction of sp³-hybridized carbons (Fsp3) is 0.182. The number of benzene rings is 2. The van der Waals surface area contributed by atoms with Crippen LogP contribution in [-0.2, 0) is 33.7 Å². The molecular weight excluding hydrogens is 452 g/mol. The van der Waals surface area contributed by atoms with Gasteiger partial charge >= 0.3 is 0 Å². The summed E-state index contributed by atoms with van der Waals surface area (Å²) in [4.78, 5) is 25.2. The molecule has 32 heavy (non-hydrogen) atoms. The average molecular weight is 475 g/mol. The number of hydrogen-bond acceptors (Lipinski definition) is 5. The number of anilines is 2. The zero-order chi connectivity index (χ0) is 23.3. The lowest BCUT2D eigenvalue weighted by atomic mass is 10.2. The first kappa shape index (κ1) is 23.4. The van der Waals surface area contributed by atoms with Crippen molar-refractivity contribution in [1.29, 1.82) is 0 Å². The highest BCUT2D eigenvalue weighted by Crippen LogP contribution is 2.19. The topological polar surface area (TPSA) is 123 Å². The normalized spacial score (nSPS) is 11.2. The Balaban J connectivity index is 1.70. The van der Waals surface area contributed by atoms with Crippen molar-refractivity contribution in [2.45, 2.75) is 25.8 Å². The van der Waals surface area contributed by atoms with Crippen LogP contribution in [0.4, 0.5) is 11.4 Å². The molecule has 0 fully saturated rings. The second-order valence-electron chi connectivity index (χ2n) is 7.26. The van der Waals surface area contributed by atoms with Gasteiger partial charge in [0.15, 0.2) is 0 Å². The highest BCUT2D eigenvalue weighted by atomic mass is 35.5. The summed E-state index contributed by atoms with van der Waals surface area (Å²) >= 11 is 5.98. The molecule has 10 heteroatoms. The van der Waals surface area contributed by atoms with Crippen LogP contribution in [0.2, 0.25) is 5.02 Å². The van der Waals surface area contributed by atoms with Crippen LogP contribution in [0.3, 0.4) is 0 Å². The van der Waals surface area contributed by atoms with Crippen LogP contribution in [-0.4, -0.2) is 18.9 Å². The maximum absolute atomic E-state index is 12.8. The lowest BCUT2D eigenvalue weighted by Gasteiger charge is -2.14. The van der Waals surface area contributed by atoms with Crippen LogP contribution in [0.25, 0.3) is 0 Å². The molecule has 1 aromatic heterocycles. The van der Waals surface area contributed by atoms with Gasteiger partial charge in [-0.3, -0.25) is 14.3 Å². The van der Waals surface area contributed by atoms with Gasteiger partial charge in [0.2, 0.25) is 15.9 Å². The number of carbonyl (C=O) groups is 1. The van der Waals surface area contributed by atoms with Crippen molar-refractivity contribution in [3.63, 3.8) is 0 Å². The molecule has 0 aliphatic carbocycles. The number of aromatic nitrogens is 1. The first-order chi connectivity index (χ1) is 15.1. The minimum atomic E-state index is -3.81. The molecular formula is C22H23ClN4O4S. The van der Waals surface area contributed by atoms with Crippen LogP contribution in [0.15, 0.2) is 65.5 Å². The molecule has 3 aromatic rings. The Kier molecular flexibility index (Phi) is 7.22. The van der Waals surface area contributed by atoms with E-state index in [1.54, 1.807) is 61.5 Å². The minimum Gasteiger partial charge on any atom is -0.398 e. The SMILES string of the molecule is Cc1ccc(NS(=O)(=O)Cc2ccccc2)c(=O)n1CC(=O)NCc1ccc(N)c(Cl)c1. The van der Waals surface area contributed by atoms with Gasteiger partial charge in [-0.2, -0.15) is 0 Å². The number of nitrogens with one attached hydrogen (secondary N) is 2. The number of nitrogens with two attached hydrogens (primary N) is 1. The van der Waals surface area contributed by atoms with E-state index in [-0.39, 0.29) is 24.5 Å². The number of amides is 1. The molecule has 0 aliphatic heterocycles. The summed E-state index contributed by atoms with van der Waals surface area (Å²) in [6.45, 7) is 1.61. The molecule has 168 valence electrons. The summed E-state index contributed by atoms with van der Waals surface area (Å²) in [5.74, 6) is -0.682. The number of halogens is 1. The second-order valence-corrected chi connectivity index (χ2v) is 9.39. The number of sulfonamides is 1. The third-order valence-electron chi connectivity index (χ3n) is 4.71. The van der Waals surface area contributed by atoms with E-state index >= 15 is 0 Å². The molecule has 0 radical (unpaired) electrons. The predicted molar refractivity (Wildman–Crippen MR) is 126 cm³/mol. The van der Waals surface area contributed by atoms with Crippen LogP contribution < -0.4 is 21.3 Å². The Morgan fingerprint density at radius 1 is 1.06 bits per heavy atom. The standard InChI is InChI=1S/C22H23ClN4O4S/c1-15-7-10-20(26-32(30,31)14-16-5-3-2-4-6-16)22(29)27(15)13-21(28)25-12-17-8-9-19(24)18(23)11-17/h2-11,26H,12-14,24H2,1H3,(H,25,28). The Labute approximate surface area is 191 Å².